The van der Waals surface area contributed by atoms with Crippen LogP contribution in [0, 0.1) is 0 Å². The Kier molecular flexibility index (Phi) is 7.75. The van der Waals surface area contributed by atoms with Crippen LogP contribution in [0.1, 0.15) is 23.5 Å². The van der Waals surface area contributed by atoms with Crippen molar-refractivity contribution in [2.45, 2.75) is 24.8 Å². The third kappa shape index (κ3) is 6.25. The van der Waals surface area contributed by atoms with Crippen LogP contribution in [0.3, 0.4) is 0 Å². The monoisotopic (exact) mass is 468 g/mol. The zero-order chi connectivity index (χ0) is 24.6. The molecular weight excluding hydrogens is 440 g/mol. The van der Waals surface area contributed by atoms with E-state index in [1.54, 1.807) is 18.5 Å². The molecular formula is C29H28N2O4. The topological polar surface area (TPSA) is 91.6 Å². The van der Waals surface area contributed by atoms with Gasteiger partial charge in [0, 0.05) is 24.5 Å². The molecule has 2 atom stereocenters. The Morgan fingerprint density at radius 1 is 0.829 bits per heavy atom. The van der Waals surface area contributed by atoms with Crippen molar-refractivity contribution in [2.24, 2.45) is 0 Å². The highest BCUT2D eigenvalue weighted by molar-refractivity contribution is 5.85. The number of amides is 1. The molecule has 0 saturated carbocycles. The van der Waals surface area contributed by atoms with Crippen molar-refractivity contribution in [3.05, 3.63) is 115 Å². The number of nitrogens with zero attached hydrogens (tertiary/aromatic N) is 1. The Labute approximate surface area is 204 Å². The van der Waals surface area contributed by atoms with E-state index >= 15 is 0 Å². The van der Waals surface area contributed by atoms with Gasteiger partial charge in [-0.1, -0.05) is 72.8 Å². The number of aliphatic hydroxyl groups excluding tert-OH is 1. The summed E-state index contributed by atoms with van der Waals surface area (Å²) < 4.78 is 1.85. The Bertz CT molecular complexity index is 1250. The molecule has 35 heavy (non-hydrogen) atoms. The highest BCUT2D eigenvalue weighted by Gasteiger charge is 2.25. The number of carboxylic acid groups (broad SMARTS) is 1. The largest absolute Gasteiger partial charge is 0.481 e. The molecule has 4 aromatic rings. The molecule has 0 spiro atoms. The first kappa shape index (κ1) is 24.0. The third-order valence-corrected chi connectivity index (χ3v) is 5.99. The number of carboxylic acids is 1. The van der Waals surface area contributed by atoms with Crippen molar-refractivity contribution in [1.82, 2.24) is 9.88 Å². The number of carbonyl (C=O) groups is 2. The lowest BCUT2D eigenvalue weighted by Gasteiger charge is -2.18. The van der Waals surface area contributed by atoms with Crippen LogP contribution >= 0.6 is 0 Å². The van der Waals surface area contributed by atoms with Gasteiger partial charge in [-0.2, -0.15) is 0 Å². The predicted molar refractivity (Wildman–Crippen MR) is 135 cm³/mol. The number of carbonyl (C=O) groups excluding carboxylic acids is 1. The minimum atomic E-state index is -1.07. The Morgan fingerprint density at radius 2 is 1.46 bits per heavy atom. The van der Waals surface area contributed by atoms with Gasteiger partial charge in [0.1, 0.15) is 0 Å². The molecule has 0 bridgehead atoms. The van der Waals surface area contributed by atoms with Crippen LogP contribution in [-0.2, 0) is 16.0 Å². The molecule has 0 radical (unpaired) electrons. The minimum Gasteiger partial charge on any atom is -0.481 e. The molecule has 1 heterocycles. The van der Waals surface area contributed by atoms with E-state index in [0.29, 0.717) is 12.0 Å². The number of benzene rings is 3. The van der Waals surface area contributed by atoms with E-state index in [1.807, 2.05) is 89.5 Å². The molecule has 3 N–H and O–H groups in total. The fraction of sp³-hybridized carbons (Fsp3) is 0.172. The molecule has 6 heteroatoms. The second kappa shape index (κ2) is 11.3. The first-order chi connectivity index (χ1) is 17.0. The second-order valence-electron chi connectivity index (χ2n) is 8.50. The summed E-state index contributed by atoms with van der Waals surface area (Å²) in [5.41, 5.74) is 4.64. The van der Waals surface area contributed by atoms with Crippen LogP contribution < -0.4 is 5.32 Å². The number of nitrogens with one attached hydrogen (secondary N) is 1. The summed E-state index contributed by atoms with van der Waals surface area (Å²) in [4.78, 5) is 24.6. The normalized spacial score (nSPS) is 12.6. The number of aliphatic hydroxyl groups is 1. The molecule has 1 amide bonds. The lowest BCUT2D eigenvalue weighted by atomic mass is 9.97. The van der Waals surface area contributed by atoms with Gasteiger partial charge in [-0.05, 0) is 46.9 Å². The summed E-state index contributed by atoms with van der Waals surface area (Å²) >= 11 is 0. The molecule has 2 unspecified atom stereocenters. The van der Waals surface area contributed by atoms with Crippen LogP contribution in [0.4, 0.5) is 0 Å². The number of aliphatic carboxylic acids is 1. The Hall–Kier alpha value is -4.16. The number of hydrogen-bond acceptors (Lipinski definition) is 3. The van der Waals surface area contributed by atoms with E-state index < -0.39 is 23.8 Å². The summed E-state index contributed by atoms with van der Waals surface area (Å²) in [6.07, 6.45) is 3.80. The van der Waals surface area contributed by atoms with Crippen LogP contribution in [0.25, 0.3) is 16.8 Å². The van der Waals surface area contributed by atoms with Gasteiger partial charge in [0.2, 0.25) is 5.91 Å². The fourth-order valence-electron chi connectivity index (χ4n) is 4.12. The molecule has 0 aliphatic rings. The average Bonchev–Trinajstić information content (AvgIpc) is 3.38. The zero-order valence-electron chi connectivity index (χ0n) is 19.2. The molecule has 0 saturated heterocycles. The summed E-state index contributed by atoms with van der Waals surface area (Å²) in [6, 6.07) is 28.8. The van der Waals surface area contributed by atoms with Gasteiger partial charge in [0.05, 0.1) is 18.6 Å². The van der Waals surface area contributed by atoms with Crippen molar-refractivity contribution in [2.75, 3.05) is 6.61 Å². The maximum atomic E-state index is 12.6. The van der Waals surface area contributed by atoms with E-state index in [4.69, 9.17) is 0 Å². The molecule has 6 nitrogen and oxygen atoms in total. The molecule has 0 aliphatic carbocycles. The molecule has 4 rings (SSSR count). The van der Waals surface area contributed by atoms with Gasteiger partial charge < -0.3 is 20.1 Å². The fourth-order valence-corrected chi connectivity index (χ4v) is 4.12. The van der Waals surface area contributed by atoms with Crippen LogP contribution in [0.15, 0.2) is 103 Å². The Morgan fingerprint density at radius 3 is 2.09 bits per heavy atom. The van der Waals surface area contributed by atoms with Crippen molar-refractivity contribution in [3.8, 4) is 16.8 Å². The summed E-state index contributed by atoms with van der Waals surface area (Å²) in [6.45, 7) is -0.228. The highest BCUT2D eigenvalue weighted by atomic mass is 16.4. The molecule has 3 aromatic carbocycles. The zero-order valence-corrected chi connectivity index (χ0v) is 19.2. The number of rotatable bonds is 10. The smallest absolute Gasteiger partial charge is 0.311 e. The molecule has 0 fully saturated rings. The van der Waals surface area contributed by atoms with Crippen molar-refractivity contribution in [1.29, 1.82) is 0 Å². The summed E-state index contributed by atoms with van der Waals surface area (Å²) in [5, 5.41) is 22.3. The quantitative estimate of drug-likeness (QED) is 0.321. The highest BCUT2D eigenvalue weighted by Crippen LogP contribution is 2.25. The first-order valence-corrected chi connectivity index (χ1v) is 11.5. The van der Waals surface area contributed by atoms with Crippen LogP contribution in [0.2, 0.25) is 0 Å². The lowest BCUT2D eigenvalue weighted by Crippen LogP contribution is -2.40. The minimum absolute atomic E-state index is 0.211. The van der Waals surface area contributed by atoms with E-state index in [0.717, 1.165) is 22.4 Å². The summed E-state index contributed by atoms with van der Waals surface area (Å²) in [5.74, 6) is -2.47. The SMILES string of the molecule is O=C(CC(C(=O)O)c1ccn(-c2ccc(-c3ccccc3)cc2)c1)NC(CO)Cc1ccccc1. The maximum Gasteiger partial charge on any atom is 0.311 e. The first-order valence-electron chi connectivity index (χ1n) is 11.5. The van der Waals surface area contributed by atoms with Gasteiger partial charge in [-0.3, -0.25) is 9.59 Å². The van der Waals surface area contributed by atoms with E-state index in [1.165, 1.54) is 0 Å². The number of aromatic nitrogens is 1. The van der Waals surface area contributed by atoms with E-state index in [-0.39, 0.29) is 13.0 Å². The molecule has 1 aromatic heterocycles. The van der Waals surface area contributed by atoms with Crippen LogP contribution in [-0.4, -0.2) is 39.3 Å². The summed E-state index contributed by atoms with van der Waals surface area (Å²) in [7, 11) is 0. The Balaban J connectivity index is 1.43. The average molecular weight is 469 g/mol. The number of hydrogen-bond donors (Lipinski definition) is 3. The van der Waals surface area contributed by atoms with Gasteiger partial charge in [0.15, 0.2) is 0 Å². The van der Waals surface area contributed by atoms with E-state index in [2.05, 4.69) is 5.32 Å². The molecule has 178 valence electrons. The van der Waals surface area contributed by atoms with Crippen molar-refractivity contribution >= 4 is 11.9 Å². The van der Waals surface area contributed by atoms with Gasteiger partial charge in [0.25, 0.3) is 0 Å². The third-order valence-electron chi connectivity index (χ3n) is 5.99. The van der Waals surface area contributed by atoms with Gasteiger partial charge >= 0.3 is 5.97 Å². The lowest BCUT2D eigenvalue weighted by molar-refractivity contribution is -0.141. The predicted octanol–water partition coefficient (Wildman–Crippen LogP) is 4.42. The van der Waals surface area contributed by atoms with Crippen molar-refractivity contribution < 1.29 is 19.8 Å². The maximum absolute atomic E-state index is 12.6. The van der Waals surface area contributed by atoms with Gasteiger partial charge in [-0.25, -0.2) is 0 Å². The second-order valence-corrected chi connectivity index (χ2v) is 8.50. The van der Waals surface area contributed by atoms with Gasteiger partial charge in [-0.15, -0.1) is 0 Å². The van der Waals surface area contributed by atoms with Crippen molar-refractivity contribution in [3.63, 3.8) is 0 Å². The standard InChI is InChI=1S/C29H28N2O4/c32-20-25(17-21-7-3-1-4-8-21)30-28(33)18-27(29(34)35)24-15-16-31(19-24)26-13-11-23(12-14-26)22-9-5-2-6-10-22/h1-16,19,25,27,32H,17-18,20H2,(H,30,33)(H,34,35). The molecule has 0 aliphatic heterocycles. The van der Waals surface area contributed by atoms with Crippen LogP contribution in [0.5, 0.6) is 0 Å². The van der Waals surface area contributed by atoms with E-state index in [9.17, 15) is 19.8 Å².